The summed E-state index contributed by atoms with van der Waals surface area (Å²) in [5.74, 6) is 0.167. The van der Waals surface area contributed by atoms with Gasteiger partial charge < -0.3 is 10.2 Å². The van der Waals surface area contributed by atoms with E-state index in [9.17, 15) is 4.79 Å². The van der Waals surface area contributed by atoms with Crippen LogP contribution in [0.1, 0.15) is 35.2 Å². The lowest BCUT2D eigenvalue weighted by atomic mass is 10.1. The van der Waals surface area contributed by atoms with Gasteiger partial charge in [-0.2, -0.15) is 0 Å². The van der Waals surface area contributed by atoms with Crippen molar-refractivity contribution in [2.45, 2.75) is 38.3 Å². The monoisotopic (exact) mass is 287 g/mol. The van der Waals surface area contributed by atoms with E-state index in [-0.39, 0.29) is 5.91 Å². The van der Waals surface area contributed by atoms with Crippen LogP contribution in [0, 0.1) is 6.92 Å². The predicted octanol–water partition coefficient (Wildman–Crippen LogP) is 2.35. The van der Waals surface area contributed by atoms with Crippen molar-refractivity contribution < 1.29 is 4.79 Å². The van der Waals surface area contributed by atoms with E-state index in [4.69, 9.17) is 0 Å². The summed E-state index contributed by atoms with van der Waals surface area (Å²) in [6, 6.07) is 7.21. The minimum atomic E-state index is 0.167. The molecule has 2 bridgehead atoms. The molecule has 3 rings (SSSR count). The van der Waals surface area contributed by atoms with Crippen molar-refractivity contribution in [3.8, 4) is 0 Å². The SMILES string of the molecule is CNc1cc(C)ccc1C(=O)N1CCC2CCC(C1)N2C. The zero-order valence-electron chi connectivity index (χ0n) is 13.2. The van der Waals surface area contributed by atoms with Gasteiger partial charge in [0.05, 0.1) is 5.56 Å². The van der Waals surface area contributed by atoms with Gasteiger partial charge in [-0.25, -0.2) is 0 Å². The molecule has 2 fully saturated rings. The van der Waals surface area contributed by atoms with Gasteiger partial charge in [0.25, 0.3) is 5.91 Å². The normalized spacial score (nSPS) is 25.8. The number of hydrogen-bond donors (Lipinski definition) is 1. The highest BCUT2D eigenvalue weighted by molar-refractivity contribution is 5.99. The largest absolute Gasteiger partial charge is 0.387 e. The first kappa shape index (κ1) is 14.4. The first-order valence-electron chi connectivity index (χ1n) is 7.89. The summed E-state index contributed by atoms with van der Waals surface area (Å²) in [5.41, 5.74) is 2.90. The third kappa shape index (κ3) is 2.64. The summed E-state index contributed by atoms with van der Waals surface area (Å²) < 4.78 is 0. The molecule has 2 atom stereocenters. The van der Waals surface area contributed by atoms with Crippen LogP contribution < -0.4 is 5.32 Å². The van der Waals surface area contributed by atoms with Gasteiger partial charge in [-0.05, 0) is 50.9 Å². The van der Waals surface area contributed by atoms with E-state index in [0.717, 1.165) is 30.8 Å². The molecule has 0 aliphatic carbocycles. The van der Waals surface area contributed by atoms with Crippen LogP contribution in [0.4, 0.5) is 5.69 Å². The maximum Gasteiger partial charge on any atom is 0.256 e. The molecule has 2 unspecified atom stereocenters. The second-order valence-electron chi connectivity index (χ2n) is 6.39. The molecule has 1 aromatic rings. The number of carbonyl (C=O) groups is 1. The van der Waals surface area contributed by atoms with Crippen molar-refractivity contribution in [1.82, 2.24) is 9.80 Å². The van der Waals surface area contributed by atoms with Crippen molar-refractivity contribution in [2.75, 3.05) is 32.5 Å². The maximum absolute atomic E-state index is 12.9. The van der Waals surface area contributed by atoms with E-state index in [1.807, 2.05) is 30.1 Å². The van der Waals surface area contributed by atoms with Crippen molar-refractivity contribution in [3.63, 3.8) is 0 Å². The summed E-state index contributed by atoms with van der Waals surface area (Å²) in [6.07, 6.45) is 3.60. The van der Waals surface area contributed by atoms with Crippen LogP contribution in [-0.4, -0.2) is 55.0 Å². The summed E-state index contributed by atoms with van der Waals surface area (Å²) in [5, 5.41) is 3.16. The van der Waals surface area contributed by atoms with Crippen molar-refractivity contribution in [1.29, 1.82) is 0 Å². The van der Waals surface area contributed by atoms with Gasteiger partial charge in [-0.1, -0.05) is 6.07 Å². The van der Waals surface area contributed by atoms with E-state index in [0.29, 0.717) is 12.1 Å². The van der Waals surface area contributed by atoms with Crippen molar-refractivity contribution >= 4 is 11.6 Å². The number of rotatable bonds is 2. The number of fused-ring (bicyclic) bond motifs is 2. The topological polar surface area (TPSA) is 35.6 Å². The van der Waals surface area contributed by atoms with Crippen LogP contribution in [0.2, 0.25) is 0 Å². The van der Waals surface area contributed by atoms with Gasteiger partial charge in [0.15, 0.2) is 0 Å². The van der Waals surface area contributed by atoms with Crippen LogP contribution in [0.25, 0.3) is 0 Å². The van der Waals surface area contributed by atoms with Gasteiger partial charge in [-0.3, -0.25) is 9.69 Å². The van der Waals surface area contributed by atoms with Gasteiger partial charge in [0, 0.05) is 37.9 Å². The smallest absolute Gasteiger partial charge is 0.256 e. The van der Waals surface area contributed by atoms with E-state index in [1.54, 1.807) is 0 Å². The van der Waals surface area contributed by atoms with Crippen molar-refractivity contribution in [3.05, 3.63) is 29.3 Å². The second kappa shape index (κ2) is 5.68. The number of nitrogens with one attached hydrogen (secondary N) is 1. The molecule has 2 saturated heterocycles. The predicted molar refractivity (Wildman–Crippen MR) is 85.8 cm³/mol. The molecule has 0 spiro atoms. The number of carbonyl (C=O) groups excluding carboxylic acids is 1. The fourth-order valence-electron chi connectivity index (χ4n) is 3.72. The number of likely N-dealkylation sites (N-methyl/N-ethyl adjacent to an activating group) is 1. The third-order valence-electron chi connectivity index (χ3n) is 5.11. The van der Waals surface area contributed by atoms with Crippen LogP contribution in [-0.2, 0) is 0 Å². The Morgan fingerprint density at radius 3 is 2.76 bits per heavy atom. The molecule has 0 saturated carbocycles. The molecule has 2 aliphatic heterocycles. The average molecular weight is 287 g/mol. The Labute approximate surface area is 127 Å². The molecule has 4 heteroatoms. The molecule has 2 aliphatic rings. The first-order valence-corrected chi connectivity index (χ1v) is 7.89. The number of aryl methyl sites for hydroxylation is 1. The molecule has 0 radical (unpaired) electrons. The fourth-order valence-corrected chi connectivity index (χ4v) is 3.72. The quantitative estimate of drug-likeness (QED) is 0.907. The minimum Gasteiger partial charge on any atom is -0.387 e. The number of hydrogen-bond acceptors (Lipinski definition) is 3. The Hall–Kier alpha value is -1.55. The van der Waals surface area contributed by atoms with Gasteiger partial charge in [-0.15, -0.1) is 0 Å². The number of benzene rings is 1. The molecule has 0 aromatic heterocycles. The summed E-state index contributed by atoms with van der Waals surface area (Å²) in [4.78, 5) is 17.4. The molecule has 4 nitrogen and oxygen atoms in total. The molecule has 1 aromatic carbocycles. The summed E-state index contributed by atoms with van der Waals surface area (Å²) in [6.45, 7) is 3.79. The average Bonchev–Trinajstić information content (AvgIpc) is 2.71. The Balaban J connectivity index is 1.82. The van der Waals surface area contributed by atoms with E-state index < -0.39 is 0 Å². The molecule has 1 amide bonds. The first-order chi connectivity index (χ1) is 10.1. The van der Waals surface area contributed by atoms with Crippen LogP contribution in [0.15, 0.2) is 18.2 Å². The number of amides is 1. The molecule has 2 heterocycles. The highest BCUT2D eigenvalue weighted by Crippen LogP contribution is 2.29. The zero-order chi connectivity index (χ0) is 15.0. The Bertz CT molecular complexity index is 543. The van der Waals surface area contributed by atoms with E-state index >= 15 is 0 Å². The standard InChI is InChI=1S/C17H25N3O/c1-12-4-7-15(16(10-12)18-2)17(21)20-9-8-13-5-6-14(11-20)19(13)3/h4,7,10,13-14,18H,5-6,8-9,11H2,1-3H3. The van der Waals surface area contributed by atoms with Gasteiger partial charge in [0.1, 0.15) is 0 Å². The molecule has 114 valence electrons. The Morgan fingerprint density at radius 1 is 1.24 bits per heavy atom. The lowest BCUT2D eigenvalue weighted by Crippen LogP contribution is -2.39. The maximum atomic E-state index is 12.9. The molecular formula is C17H25N3O. The molecular weight excluding hydrogens is 262 g/mol. The molecule has 21 heavy (non-hydrogen) atoms. The number of nitrogens with zero attached hydrogens (tertiary/aromatic N) is 2. The second-order valence-corrected chi connectivity index (χ2v) is 6.39. The summed E-state index contributed by atoms with van der Waals surface area (Å²) >= 11 is 0. The molecule has 1 N–H and O–H groups in total. The van der Waals surface area contributed by atoms with Crippen LogP contribution >= 0.6 is 0 Å². The summed E-state index contributed by atoms with van der Waals surface area (Å²) in [7, 11) is 4.09. The highest BCUT2D eigenvalue weighted by Gasteiger charge is 2.36. The van der Waals surface area contributed by atoms with E-state index in [1.165, 1.54) is 18.4 Å². The Morgan fingerprint density at radius 2 is 2.00 bits per heavy atom. The number of anilines is 1. The lowest BCUT2D eigenvalue weighted by molar-refractivity contribution is 0.0741. The highest BCUT2D eigenvalue weighted by atomic mass is 16.2. The van der Waals surface area contributed by atoms with E-state index in [2.05, 4.69) is 24.2 Å². The van der Waals surface area contributed by atoms with Crippen LogP contribution in [0.5, 0.6) is 0 Å². The zero-order valence-corrected chi connectivity index (χ0v) is 13.2. The van der Waals surface area contributed by atoms with Crippen molar-refractivity contribution in [2.24, 2.45) is 0 Å². The third-order valence-corrected chi connectivity index (χ3v) is 5.11. The lowest BCUT2D eigenvalue weighted by Gasteiger charge is -2.26. The van der Waals surface area contributed by atoms with Gasteiger partial charge >= 0.3 is 0 Å². The van der Waals surface area contributed by atoms with Gasteiger partial charge in [0.2, 0.25) is 0 Å². The fraction of sp³-hybridized carbons (Fsp3) is 0.588. The minimum absolute atomic E-state index is 0.167. The Kier molecular flexibility index (Phi) is 3.89. The number of likely N-dealkylation sites (tertiary alicyclic amines) is 1. The van der Waals surface area contributed by atoms with Crippen LogP contribution in [0.3, 0.4) is 0 Å².